The fourth-order valence-corrected chi connectivity index (χ4v) is 2.47. The number of nitrogens with one attached hydrogen (secondary N) is 1. The molecule has 0 saturated carbocycles. The maximum absolute atomic E-state index is 4.63. The lowest BCUT2D eigenvalue weighted by Crippen LogP contribution is -2.24. The van der Waals surface area contributed by atoms with Gasteiger partial charge in [0, 0.05) is 13.1 Å². The molecule has 0 fully saturated rings. The van der Waals surface area contributed by atoms with Crippen LogP contribution in [0.5, 0.6) is 0 Å². The summed E-state index contributed by atoms with van der Waals surface area (Å²) in [6, 6.07) is 2.25. The van der Waals surface area contributed by atoms with Crippen LogP contribution in [0.4, 0.5) is 0 Å². The molecule has 2 heterocycles. The third kappa shape index (κ3) is 2.75. The topological polar surface area (TPSA) is 60.6 Å². The lowest BCUT2D eigenvalue weighted by molar-refractivity contribution is 0.497. The zero-order valence-corrected chi connectivity index (χ0v) is 12.8. The lowest BCUT2D eigenvalue weighted by Gasteiger charge is -2.18. The zero-order chi connectivity index (χ0) is 14.5. The van der Waals surface area contributed by atoms with E-state index in [9.17, 15) is 0 Å². The second-order valence-electron chi connectivity index (χ2n) is 4.83. The molecule has 1 atom stereocenters. The number of hydrogen-bond donors (Lipinski definition) is 1. The molecule has 0 aromatic carbocycles. The minimum Gasteiger partial charge on any atom is -0.307 e. The van der Waals surface area contributed by atoms with E-state index in [1.807, 2.05) is 17.9 Å². The van der Waals surface area contributed by atoms with Crippen molar-refractivity contribution < 1.29 is 0 Å². The van der Waals surface area contributed by atoms with E-state index < -0.39 is 0 Å². The highest BCUT2D eigenvalue weighted by molar-refractivity contribution is 5.23. The second-order valence-corrected chi connectivity index (χ2v) is 4.83. The van der Waals surface area contributed by atoms with Gasteiger partial charge in [0.05, 0.1) is 29.3 Å². The van der Waals surface area contributed by atoms with Crippen LogP contribution in [0, 0.1) is 0 Å². The summed E-state index contributed by atoms with van der Waals surface area (Å²) in [6.07, 6.45) is 3.83. The van der Waals surface area contributed by atoms with E-state index in [1.165, 1.54) is 5.69 Å². The first-order chi connectivity index (χ1) is 9.74. The maximum Gasteiger partial charge on any atom is 0.0932 e. The maximum atomic E-state index is 4.63. The van der Waals surface area contributed by atoms with Crippen molar-refractivity contribution in [3.8, 4) is 0 Å². The van der Waals surface area contributed by atoms with Crippen LogP contribution in [0.1, 0.15) is 50.3 Å². The molecule has 0 spiro atoms. The average molecular weight is 276 g/mol. The molecular formula is C14H24N6. The first-order valence-electron chi connectivity index (χ1n) is 7.37. The van der Waals surface area contributed by atoms with E-state index in [2.05, 4.69) is 52.2 Å². The molecule has 0 aliphatic carbocycles. The van der Waals surface area contributed by atoms with Crippen molar-refractivity contribution in [2.24, 2.45) is 0 Å². The van der Waals surface area contributed by atoms with Crippen molar-refractivity contribution in [3.63, 3.8) is 0 Å². The van der Waals surface area contributed by atoms with Gasteiger partial charge in [0.25, 0.3) is 0 Å². The van der Waals surface area contributed by atoms with Crippen LogP contribution in [-0.2, 0) is 19.5 Å². The van der Waals surface area contributed by atoms with Crippen LogP contribution < -0.4 is 5.32 Å². The minimum atomic E-state index is 0.0734. The summed E-state index contributed by atoms with van der Waals surface area (Å²) >= 11 is 0. The van der Waals surface area contributed by atoms with E-state index in [4.69, 9.17) is 0 Å². The third-order valence-electron chi connectivity index (χ3n) is 3.49. The molecule has 0 radical (unpaired) electrons. The molecule has 2 rings (SSSR count). The van der Waals surface area contributed by atoms with Gasteiger partial charge in [-0.3, -0.25) is 4.68 Å². The third-order valence-corrected chi connectivity index (χ3v) is 3.49. The van der Waals surface area contributed by atoms with Crippen molar-refractivity contribution >= 4 is 0 Å². The van der Waals surface area contributed by atoms with Crippen molar-refractivity contribution in [2.45, 2.75) is 52.7 Å². The Morgan fingerprint density at radius 1 is 1.20 bits per heavy atom. The Balaban J connectivity index is 2.41. The standard InChI is InChI=1S/C14H24N6/c1-5-8-20-13(10-16-18-20)14(15-4)12-9-11(6-2)17-19(12)7-3/h9-10,14-15H,5-8H2,1-4H3. The van der Waals surface area contributed by atoms with E-state index in [-0.39, 0.29) is 6.04 Å². The molecule has 0 amide bonds. The average Bonchev–Trinajstić information content (AvgIpc) is 3.08. The van der Waals surface area contributed by atoms with Crippen LogP contribution in [0.3, 0.4) is 0 Å². The van der Waals surface area contributed by atoms with Gasteiger partial charge in [-0.25, -0.2) is 4.68 Å². The first kappa shape index (κ1) is 14.7. The van der Waals surface area contributed by atoms with E-state index in [0.717, 1.165) is 37.3 Å². The Kier molecular flexibility index (Phi) is 4.89. The quantitative estimate of drug-likeness (QED) is 0.837. The highest BCUT2D eigenvalue weighted by atomic mass is 15.4. The molecule has 0 saturated heterocycles. The number of hydrogen-bond acceptors (Lipinski definition) is 4. The van der Waals surface area contributed by atoms with Gasteiger partial charge in [-0.2, -0.15) is 5.10 Å². The summed E-state index contributed by atoms with van der Waals surface area (Å²) < 4.78 is 4.03. The molecule has 6 nitrogen and oxygen atoms in total. The lowest BCUT2D eigenvalue weighted by atomic mass is 10.1. The largest absolute Gasteiger partial charge is 0.307 e. The van der Waals surface area contributed by atoms with Gasteiger partial charge < -0.3 is 5.32 Å². The second kappa shape index (κ2) is 6.65. The van der Waals surface area contributed by atoms with E-state index in [0.29, 0.717) is 0 Å². The van der Waals surface area contributed by atoms with Crippen LogP contribution in [0.25, 0.3) is 0 Å². The highest BCUT2D eigenvalue weighted by Gasteiger charge is 2.21. The molecule has 2 aromatic heterocycles. The Bertz CT molecular complexity index is 542. The molecule has 0 aliphatic heterocycles. The van der Waals surface area contributed by atoms with Crippen molar-refractivity contribution in [1.29, 1.82) is 0 Å². The van der Waals surface area contributed by atoms with E-state index >= 15 is 0 Å². The van der Waals surface area contributed by atoms with Gasteiger partial charge in [-0.1, -0.05) is 19.1 Å². The Hall–Kier alpha value is -1.69. The summed E-state index contributed by atoms with van der Waals surface area (Å²) in [4.78, 5) is 0. The van der Waals surface area contributed by atoms with Gasteiger partial charge in [0.15, 0.2) is 0 Å². The predicted octanol–water partition coefficient (Wildman–Crippen LogP) is 1.78. The minimum absolute atomic E-state index is 0.0734. The van der Waals surface area contributed by atoms with Gasteiger partial charge >= 0.3 is 0 Å². The van der Waals surface area contributed by atoms with Crippen LogP contribution in [0.2, 0.25) is 0 Å². The highest BCUT2D eigenvalue weighted by Crippen LogP contribution is 2.22. The van der Waals surface area contributed by atoms with Crippen molar-refractivity contribution in [3.05, 3.63) is 29.3 Å². The van der Waals surface area contributed by atoms with Crippen LogP contribution >= 0.6 is 0 Å². The number of aromatic nitrogens is 5. The molecule has 20 heavy (non-hydrogen) atoms. The normalized spacial score (nSPS) is 12.8. The fraction of sp³-hybridized carbons (Fsp3) is 0.643. The molecule has 0 bridgehead atoms. The van der Waals surface area contributed by atoms with Crippen LogP contribution in [0.15, 0.2) is 12.3 Å². The summed E-state index contributed by atoms with van der Waals surface area (Å²) in [5.41, 5.74) is 3.38. The Labute approximate surface area is 120 Å². The number of nitrogens with zero attached hydrogens (tertiary/aromatic N) is 5. The molecule has 1 unspecified atom stereocenters. The van der Waals surface area contributed by atoms with Gasteiger partial charge in [0.2, 0.25) is 0 Å². The summed E-state index contributed by atoms with van der Waals surface area (Å²) in [7, 11) is 1.96. The van der Waals surface area contributed by atoms with Gasteiger partial charge in [0.1, 0.15) is 0 Å². The summed E-state index contributed by atoms with van der Waals surface area (Å²) in [5.74, 6) is 0. The first-order valence-corrected chi connectivity index (χ1v) is 7.37. The van der Waals surface area contributed by atoms with Gasteiger partial charge in [-0.05, 0) is 32.9 Å². The monoisotopic (exact) mass is 276 g/mol. The molecule has 1 N–H and O–H groups in total. The Morgan fingerprint density at radius 2 is 2.00 bits per heavy atom. The molecule has 110 valence electrons. The molecule has 2 aromatic rings. The number of rotatable bonds is 7. The smallest absolute Gasteiger partial charge is 0.0932 e. The van der Waals surface area contributed by atoms with E-state index in [1.54, 1.807) is 0 Å². The number of aryl methyl sites for hydroxylation is 3. The molecular weight excluding hydrogens is 252 g/mol. The summed E-state index contributed by atoms with van der Waals surface area (Å²) in [5, 5.41) is 16.2. The zero-order valence-electron chi connectivity index (χ0n) is 12.8. The fourth-order valence-electron chi connectivity index (χ4n) is 2.47. The van der Waals surface area contributed by atoms with Crippen molar-refractivity contribution in [1.82, 2.24) is 30.1 Å². The van der Waals surface area contributed by atoms with Crippen LogP contribution in [-0.4, -0.2) is 31.8 Å². The Morgan fingerprint density at radius 3 is 2.60 bits per heavy atom. The van der Waals surface area contributed by atoms with Crippen molar-refractivity contribution in [2.75, 3.05) is 7.05 Å². The predicted molar refractivity (Wildman–Crippen MR) is 78.5 cm³/mol. The summed E-state index contributed by atoms with van der Waals surface area (Å²) in [6.45, 7) is 8.14. The molecule has 6 heteroatoms. The SMILES string of the molecule is CCCn1nncc1C(NC)c1cc(CC)nn1CC. The molecule has 0 aliphatic rings. The van der Waals surface area contributed by atoms with Gasteiger partial charge in [-0.15, -0.1) is 5.10 Å².